The topological polar surface area (TPSA) is 40.6 Å². The average Bonchev–Trinajstić information content (AvgIpc) is 2.91. The summed E-state index contributed by atoms with van der Waals surface area (Å²) in [7, 11) is 1.74. The van der Waals surface area contributed by atoms with Crippen molar-refractivity contribution in [2.24, 2.45) is 0 Å². The highest BCUT2D eigenvalue weighted by Crippen LogP contribution is 2.46. The number of fused-ring (bicyclic) bond motifs is 3. The molecular formula is C24H17FN2O2. The van der Waals surface area contributed by atoms with Crippen LogP contribution >= 0.6 is 0 Å². The van der Waals surface area contributed by atoms with Gasteiger partial charge in [-0.1, -0.05) is 42.5 Å². The van der Waals surface area contributed by atoms with Crippen LogP contribution in [0.25, 0.3) is 11.1 Å². The Morgan fingerprint density at radius 1 is 0.862 bits per heavy atom. The summed E-state index contributed by atoms with van der Waals surface area (Å²) >= 11 is 0. The van der Waals surface area contributed by atoms with Gasteiger partial charge in [-0.3, -0.25) is 9.59 Å². The third-order valence-corrected chi connectivity index (χ3v) is 5.60. The van der Waals surface area contributed by atoms with Crippen LogP contribution in [0.4, 0.5) is 15.8 Å². The van der Waals surface area contributed by atoms with E-state index >= 15 is 0 Å². The number of likely N-dealkylation sites (N-methyl/N-ethyl adjacent to an activating group) is 1. The van der Waals surface area contributed by atoms with Crippen LogP contribution in [0.1, 0.15) is 22.3 Å². The number of carbonyl (C=O) groups excluding carboxylic acids is 2. The van der Waals surface area contributed by atoms with E-state index in [1.54, 1.807) is 22.9 Å². The van der Waals surface area contributed by atoms with Crippen LogP contribution in [0.5, 0.6) is 0 Å². The molecule has 2 aliphatic rings. The van der Waals surface area contributed by atoms with E-state index in [1.165, 1.54) is 12.1 Å². The quantitative estimate of drug-likeness (QED) is 0.465. The highest BCUT2D eigenvalue weighted by Gasteiger charge is 2.35. The van der Waals surface area contributed by atoms with Crippen molar-refractivity contribution in [2.75, 3.05) is 16.8 Å². The first-order chi connectivity index (χ1) is 14.1. The van der Waals surface area contributed by atoms with Crippen LogP contribution in [0.3, 0.4) is 0 Å². The van der Waals surface area contributed by atoms with Crippen LogP contribution in [0.15, 0.2) is 66.7 Å². The summed E-state index contributed by atoms with van der Waals surface area (Å²) in [6.45, 7) is 0.348. The third-order valence-electron chi connectivity index (χ3n) is 5.60. The van der Waals surface area contributed by atoms with E-state index < -0.39 is 5.82 Å². The molecule has 0 aromatic heterocycles. The van der Waals surface area contributed by atoms with Gasteiger partial charge in [-0.25, -0.2) is 4.39 Å². The molecule has 0 radical (unpaired) electrons. The van der Waals surface area contributed by atoms with E-state index in [2.05, 4.69) is 0 Å². The Morgan fingerprint density at radius 2 is 1.59 bits per heavy atom. The summed E-state index contributed by atoms with van der Waals surface area (Å²) in [6.07, 6.45) is 0.748. The second-order valence-corrected chi connectivity index (χ2v) is 7.18. The van der Waals surface area contributed by atoms with Gasteiger partial charge in [0.25, 0.3) is 5.91 Å². The molecule has 2 amide bonds. The average molecular weight is 384 g/mol. The van der Waals surface area contributed by atoms with Gasteiger partial charge in [-0.2, -0.15) is 0 Å². The van der Waals surface area contributed by atoms with E-state index in [-0.39, 0.29) is 5.91 Å². The zero-order valence-electron chi connectivity index (χ0n) is 15.7. The van der Waals surface area contributed by atoms with E-state index in [4.69, 9.17) is 0 Å². The first-order valence-electron chi connectivity index (χ1n) is 9.32. The molecule has 0 saturated carbocycles. The van der Waals surface area contributed by atoms with Crippen molar-refractivity contribution >= 4 is 34.8 Å². The number of rotatable bonds is 1. The first-order valence-corrected chi connectivity index (χ1v) is 9.32. The molecule has 2 aliphatic heterocycles. The Bertz CT molecular complexity index is 1220. The largest absolute Gasteiger partial charge is 0.311 e. The Morgan fingerprint density at radius 3 is 2.38 bits per heavy atom. The molecule has 3 aromatic carbocycles. The van der Waals surface area contributed by atoms with Crippen molar-refractivity contribution in [3.8, 4) is 0 Å². The molecule has 5 rings (SSSR count). The van der Waals surface area contributed by atoms with Crippen molar-refractivity contribution in [1.82, 2.24) is 0 Å². The number of anilines is 2. The number of amides is 2. The fourth-order valence-electron chi connectivity index (χ4n) is 4.25. The van der Waals surface area contributed by atoms with Gasteiger partial charge in [-0.05, 0) is 35.4 Å². The molecular weight excluding hydrogens is 367 g/mol. The van der Waals surface area contributed by atoms with E-state index in [0.29, 0.717) is 28.9 Å². The van der Waals surface area contributed by atoms with Gasteiger partial charge in [-0.15, -0.1) is 0 Å². The van der Waals surface area contributed by atoms with E-state index in [0.717, 1.165) is 28.8 Å². The molecule has 3 aromatic rings. The molecule has 0 N–H and O–H groups in total. The Balaban J connectivity index is 1.95. The minimum atomic E-state index is -0.417. The maximum atomic E-state index is 14.3. The molecule has 0 bridgehead atoms. The Hall–Kier alpha value is -3.73. The molecule has 0 unspecified atom stereocenters. The number of hydrogen-bond acceptors (Lipinski definition) is 2. The SMILES string of the molecule is CN1C(=O)/C(=C2\c3ccccc3CN(C=O)c3ccc(F)cc32)c2ccccc21. The normalized spacial score (nSPS) is 17.5. The van der Waals surface area contributed by atoms with Crippen LogP contribution in [-0.4, -0.2) is 19.4 Å². The number of halogens is 1. The lowest BCUT2D eigenvalue weighted by Crippen LogP contribution is -2.21. The highest BCUT2D eigenvalue weighted by molar-refractivity contribution is 6.39. The molecule has 4 nitrogen and oxygen atoms in total. The molecule has 5 heteroatoms. The maximum absolute atomic E-state index is 14.3. The van der Waals surface area contributed by atoms with Crippen molar-refractivity contribution in [1.29, 1.82) is 0 Å². The minimum absolute atomic E-state index is 0.147. The van der Waals surface area contributed by atoms with Gasteiger partial charge in [0.15, 0.2) is 0 Å². The number of benzene rings is 3. The van der Waals surface area contributed by atoms with Gasteiger partial charge in [0.1, 0.15) is 5.82 Å². The smallest absolute Gasteiger partial charge is 0.259 e. The summed E-state index contributed by atoms with van der Waals surface area (Å²) in [6, 6.07) is 19.6. The van der Waals surface area contributed by atoms with E-state index in [9.17, 15) is 14.0 Å². The molecule has 29 heavy (non-hydrogen) atoms. The van der Waals surface area contributed by atoms with Gasteiger partial charge in [0.05, 0.1) is 23.5 Å². The van der Waals surface area contributed by atoms with Gasteiger partial charge in [0.2, 0.25) is 6.41 Å². The van der Waals surface area contributed by atoms with Crippen molar-refractivity contribution < 1.29 is 14.0 Å². The molecule has 0 saturated heterocycles. The molecule has 0 fully saturated rings. The Kier molecular flexibility index (Phi) is 3.84. The van der Waals surface area contributed by atoms with Crippen molar-refractivity contribution in [3.63, 3.8) is 0 Å². The highest BCUT2D eigenvalue weighted by atomic mass is 19.1. The van der Waals surface area contributed by atoms with Gasteiger partial charge < -0.3 is 9.80 Å². The van der Waals surface area contributed by atoms with Crippen LogP contribution in [0.2, 0.25) is 0 Å². The third kappa shape index (κ3) is 2.51. The number of para-hydroxylation sites is 1. The standard InChI is InChI=1S/C24H17FN2O2/c1-26-20-9-5-4-8-18(20)23(24(26)29)22-17-7-3-2-6-15(17)13-27(14-28)21-11-10-16(25)12-19(21)22/h2-12,14H,13H2,1H3/b23-22+. The fourth-order valence-corrected chi connectivity index (χ4v) is 4.25. The second-order valence-electron chi connectivity index (χ2n) is 7.18. The zero-order valence-corrected chi connectivity index (χ0v) is 15.7. The van der Waals surface area contributed by atoms with Crippen molar-refractivity contribution in [3.05, 3.63) is 94.8 Å². The summed E-state index contributed by atoms with van der Waals surface area (Å²) in [4.78, 5) is 28.3. The molecule has 0 spiro atoms. The van der Waals surface area contributed by atoms with Crippen molar-refractivity contribution in [2.45, 2.75) is 6.54 Å². The fraction of sp³-hybridized carbons (Fsp3) is 0.0833. The molecule has 2 heterocycles. The summed E-state index contributed by atoms with van der Waals surface area (Å²) in [5.41, 5.74) is 5.65. The number of carbonyl (C=O) groups is 2. The number of hydrogen-bond donors (Lipinski definition) is 0. The van der Waals surface area contributed by atoms with Crippen LogP contribution in [-0.2, 0) is 16.1 Å². The molecule has 0 aliphatic carbocycles. The van der Waals surface area contributed by atoms with Crippen LogP contribution < -0.4 is 9.80 Å². The lowest BCUT2D eigenvalue weighted by Gasteiger charge is -2.18. The Labute approximate surface area is 167 Å². The lowest BCUT2D eigenvalue weighted by atomic mass is 9.88. The predicted octanol–water partition coefficient (Wildman–Crippen LogP) is 4.24. The summed E-state index contributed by atoms with van der Waals surface area (Å²) in [5, 5.41) is 0. The number of nitrogens with zero attached hydrogens (tertiary/aromatic N) is 2. The molecule has 0 atom stereocenters. The van der Waals surface area contributed by atoms with E-state index in [1.807, 2.05) is 48.5 Å². The minimum Gasteiger partial charge on any atom is -0.311 e. The zero-order chi connectivity index (χ0) is 20.1. The summed E-state index contributed by atoms with van der Waals surface area (Å²) < 4.78 is 14.3. The molecule has 142 valence electrons. The van der Waals surface area contributed by atoms with Gasteiger partial charge >= 0.3 is 0 Å². The first kappa shape index (κ1) is 17.4. The summed E-state index contributed by atoms with van der Waals surface area (Å²) in [5.74, 6) is -0.565. The van der Waals surface area contributed by atoms with Gasteiger partial charge in [0, 0.05) is 23.7 Å². The monoisotopic (exact) mass is 384 g/mol. The predicted molar refractivity (Wildman–Crippen MR) is 111 cm³/mol. The second kappa shape index (κ2) is 6.41. The maximum Gasteiger partial charge on any atom is 0.259 e. The van der Waals surface area contributed by atoms with Crippen LogP contribution in [0, 0.1) is 5.82 Å². The lowest BCUT2D eigenvalue weighted by molar-refractivity contribution is -0.112.